The van der Waals surface area contributed by atoms with Gasteiger partial charge in [0, 0.05) is 7.11 Å². The topological polar surface area (TPSA) is 66.4 Å². The molecular weight excluding hydrogens is 276 g/mol. The first kappa shape index (κ1) is 13.6. The van der Waals surface area contributed by atoms with Crippen molar-refractivity contribution >= 4 is 0 Å². The highest BCUT2D eigenvalue weighted by Crippen LogP contribution is 2.42. The monoisotopic (exact) mass is 294 g/mol. The molecule has 1 N–H and O–H groups in total. The average molecular weight is 294 g/mol. The molecule has 6 heteroatoms. The summed E-state index contributed by atoms with van der Waals surface area (Å²) in [4.78, 5) is 0. The molecule has 114 valence electrons. The van der Waals surface area contributed by atoms with E-state index in [1.54, 1.807) is 7.11 Å². The molecule has 7 atom stereocenters. The van der Waals surface area contributed by atoms with Crippen molar-refractivity contribution in [2.24, 2.45) is 0 Å². The van der Waals surface area contributed by atoms with Crippen molar-refractivity contribution in [3.8, 4) is 0 Å². The molecule has 3 heterocycles. The minimum absolute atomic E-state index is 0.287. The van der Waals surface area contributed by atoms with Crippen LogP contribution in [0.25, 0.3) is 0 Å². The lowest BCUT2D eigenvalue weighted by Crippen LogP contribution is -2.75. The maximum absolute atomic E-state index is 10.3. The van der Waals surface area contributed by atoms with Crippen LogP contribution in [-0.2, 0) is 30.3 Å². The Hall–Kier alpha value is -1.02. The molecule has 0 unspecified atom stereocenters. The molecular formula is C15H18O6. The van der Waals surface area contributed by atoms with Gasteiger partial charge < -0.3 is 28.8 Å². The average Bonchev–Trinajstić information content (AvgIpc) is 2.52. The summed E-state index contributed by atoms with van der Waals surface area (Å²) in [5.74, 6) is 0. The van der Waals surface area contributed by atoms with E-state index in [-0.39, 0.29) is 18.3 Å². The molecule has 3 aliphatic heterocycles. The molecule has 4 fully saturated rings. The van der Waals surface area contributed by atoms with Gasteiger partial charge in [-0.05, 0) is 5.56 Å². The summed E-state index contributed by atoms with van der Waals surface area (Å²) in [7, 11) is 1.58. The van der Waals surface area contributed by atoms with Crippen LogP contribution >= 0.6 is 0 Å². The van der Waals surface area contributed by atoms with Gasteiger partial charge in [0.15, 0.2) is 0 Å². The molecule has 4 aliphatic rings. The Morgan fingerprint density at radius 2 is 1.67 bits per heavy atom. The van der Waals surface area contributed by atoms with Gasteiger partial charge in [-0.2, -0.15) is 0 Å². The standard InChI is InChI=1S/C15H18O6/c1-17-12-10-9(16)11-13(14(12)21-15(19-10)20-11)18-7-8-5-3-2-4-6-8/h2-6,9-16H,7H2,1H3/t9-,10-,11-,12-,13-,14-,15+/m1/s1. The van der Waals surface area contributed by atoms with Gasteiger partial charge in [0.2, 0.25) is 0 Å². The number of rotatable bonds is 4. The van der Waals surface area contributed by atoms with Crippen molar-refractivity contribution in [3.05, 3.63) is 35.9 Å². The van der Waals surface area contributed by atoms with E-state index in [1.165, 1.54) is 0 Å². The van der Waals surface area contributed by atoms with Gasteiger partial charge in [-0.15, -0.1) is 0 Å². The number of ether oxygens (including phenoxy) is 5. The third kappa shape index (κ3) is 2.19. The number of hydrogen-bond donors (Lipinski definition) is 1. The fourth-order valence-corrected chi connectivity index (χ4v) is 3.31. The van der Waals surface area contributed by atoms with E-state index in [0.29, 0.717) is 6.61 Å². The summed E-state index contributed by atoms with van der Waals surface area (Å²) in [6.45, 7) is -0.290. The van der Waals surface area contributed by atoms with Crippen molar-refractivity contribution in [2.75, 3.05) is 7.11 Å². The smallest absolute Gasteiger partial charge is 0.272 e. The molecule has 21 heavy (non-hydrogen) atoms. The minimum atomic E-state index is -0.771. The minimum Gasteiger partial charge on any atom is -0.387 e. The maximum atomic E-state index is 10.3. The van der Waals surface area contributed by atoms with E-state index in [1.807, 2.05) is 30.3 Å². The highest BCUT2D eigenvalue weighted by Gasteiger charge is 2.62. The molecule has 0 radical (unpaired) electrons. The molecule has 6 nitrogen and oxygen atoms in total. The number of aliphatic hydroxyl groups excluding tert-OH is 1. The molecule has 4 bridgehead atoms. The normalized spacial score (nSPS) is 44.2. The molecule has 0 spiro atoms. The Labute approximate surface area is 122 Å². The summed E-state index contributed by atoms with van der Waals surface area (Å²) >= 11 is 0. The summed E-state index contributed by atoms with van der Waals surface area (Å²) < 4.78 is 28.1. The van der Waals surface area contributed by atoms with Crippen molar-refractivity contribution in [2.45, 2.75) is 49.7 Å². The Morgan fingerprint density at radius 1 is 1.00 bits per heavy atom. The van der Waals surface area contributed by atoms with Crippen LogP contribution < -0.4 is 0 Å². The van der Waals surface area contributed by atoms with Crippen molar-refractivity contribution in [1.82, 2.24) is 0 Å². The molecule has 0 amide bonds. The lowest BCUT2D eigenvalue weighted by Gasteiger charge is -2.57. The van der Waals surface area contributed by atoms with Crippen molar-refractivity contribution in [3.63, 3.8) is 0 Å². The van der Waals surface area contributed by atoms with Crippen LogP contribution in [0.5, 0.6) is 0 Å². The van der Waals surface area contributed by atoms with Crippen LogP contribution in [0.3, 0.4) is 0 Å². The second kappa shape index (κ2) is 5.31. The third-order valence-electron chi connectivity index (χ3n) is 4.33. The SMILES string of the molecule is CO[C@H]1[C@H]2O[C@H]3O[C@@H]1[C@@H](O)[C@@H](O3)[C@H]2OCc1ccccc1. The van der Waals surface area contributed by atoms with Crippen LogP contribution in [0.2, 0.25) is 0 Å². The summed E-state index contributed by atoms with van der Waals surface area (Å²) in [6.07, 6.45) is -2.65. The van der Waals surface area contributed by atoms with Gasteiger partial charge >= 0.3 is 0 Å². The predicted octanol–water partition coefficient (Wildman–Crippen LogP) is 0.428. The Kier molecular flexibility index (Phi) is 3.45. The van der Waals surface area contributed by atoms with Gasteiger partial charge in [0.25, 0.3) is 6.48 Å². The van der Waals surface area contributed by atoms with Crippen LogP contribution in [0.15, 0.2) is 30.3 Å². The zero-order valence-corrected chi connectivity index (χ0v) is 11.6. The molecule has 1 aromatic rings. The number of methoxy groups -OCH3 is 1. The van der Waals surface area contributed by atoms with Gasteiger partial charge in [-0.25, -0.2) is 0 Å². The number of benzene rings is 1. The van der Waals surface area contributed by atoms with Crippen LogP contribution in [0.4, 0.5) is 0 Å². The summed E-state index contributed by atoms with van der Waals surface area (Å²) in [6, 6.07) is 9.86. The quantitative estimate of drug-likeness (QED) is 0.868. The highest BCUT2D eigenvalue weighted by atomic mass is 16.9. The Morgan fingerprint density at radius 3 is 2.38 bits per heavy atom. The van der Waals surface area contributed by atoms with E-state index < -0.39 is 24.8 Å². The van der Waals surface area contributed by atoms with E-state index >= 15 is 0 Å². The van der Waals surface area contributed by atoms with Crippen LogP contribution in [-0.4, -0.2) is 55.3 Å². The van der Waals surface area contributed by atoms with Gasteiger partial charge in [0.1, 0.15) is 36.6 Å². The zero-order valence-electron chi connectivity index (χ0n) is 11.6. The molecule has 1 aliphatic carbocycles. The van der Waals surface area contributed by atoms with E-state index in [9.17, 15) is 5.11 Å². The largest absolute Gasteiger partial charge is 0.387 e. The second-order valence-electron chi connectivity index (χ2n) is 5.54. The fourth-order valence-electron chi connectivity index (χ4n) is 3.31. The highest BCUT2D eigenvalue weighted by molar-refractivity contribution is 5.14. The fraction of sp³-hybridized carbons (Fsp3) is 0.600. The van der Waals surface area contributed by atoms with E-state index in [0.717, 1.165) is 5.56 Å². The zero-order chi connectivity index (χ0) is 14.4. The summed E-state index contributed by atoms with van der Waals surface area (Å²) in [5.41, 5.74) is 1.06. The molecule has 1 aromatic carbocycles. The van der Waals surface area contributed by atoms with E-state index in [4.69, 9.17) is 23.7 Å². The van der Waals surface area contributed by atoms with E-state index in [2.05, 4.69) is 0 Å². The maximum Gasteiger partial charge on any atom is 0.272 e. The lowest BCUT2D eigenvalue weighted by molar-refractivity contribution is -0.485. The van der Waals surface area contributed by atoms with Crippen LogP contribution in [0.1, 0.15) is 5.56 Å². The molecule has 1 saturated carbocycles. The third-order valence-corrected chi connectivity index (χ3v) is 4.33. The molecule has 0 aromatic heterocycles. The summed E-state index contributed by atoms with van der Waals surface area (Å²) in [5, 5.41) is 10.3. The second-order valence-corrected chi connectivity index (χ2v) is 5.54. The van der Waals surface area contributed by atoms with Gasteiger partial charge in [-0.3, -0.25) is 0 Å². The first-order valence-corrected chi connectivity index (χ1v) is 7.10. The number of aliphatic hydroxyl groups is 1. The first-order valence-electron chi connectivity index (χ1n) is 7.10. The van der Waals surface area contributed by atoms with Gasteiger partial charge in [-0.1, -0.05) is 30.3 Å². The molecule has 5 rings (SSSR count). The Balaban J connectivity index is 1.52. The molecule has 3 saturated heterocycles. The number of hydrogen-bond acceptors (Lipinski definition) is 6. The van der Waals surface area contributed by atoms with Crippen LogP contribution in [0, 0.1) is 0 Å². The predicted molar refractivity (Wildman–Crippen MR) is 70.2 cm³/mol. The Bertz CT molecular complexity index is 494. The lowest BCUT2D eigenvalue weighted by atomic mass is 9.82. The van der Waals surface area contributed by atoms with Crippen molar-refractivity contribution < 1.29 is 28.8 Å². The van der Waals surface area contributed by atoms with Gasteiger partial charge in [0.05, 0.1) is 6.61 Å². The first-order chi connectivity index (χ1) is 10.3. The van der Waals surface area contributed by atoms with Crippen molar-refractivity contribution in [1.29, 1.82) is 0 Å².